The Balaban J connectivity index is 1.17. The van der Waals surface area contributed by atoms with E-state index in [1.165, 1.54) is 6.92 Å². The molecule has 34 heavy (non-hydrogen) atoms. The van der Waals surface area contributed by atoms with Gasteiger partial charge in [0.1, 0.15) is 18.0 Å². The number of benzene rings is 1. The molecule has 2 fully saturated rings. The number of carbonyl (C=O) groups excluding carboxylic acids is 1. The summed E-state index contributed by atoms with van der Waals surface area (Å²) >= 11 is 6.41. The van der Waals surface area contributed by atoms with Crippen LogP contribution >= 0.6 is 11.6 Å². The van der Waals surface area contributed by atoms with Crippen molar-refractivity contribution >= 4 is 40.2 Å². The van der Waals surface area contributed by atoms with E-state index >= 15 is 0 Å². The molecule has 4 heterocycles. The van der Waals surface area contributed by atoms with E-state index in [0.29, 0.717) is 54.4 Å². The third-order valence-electron chi connectivity index (χ3n) is 6.00. The maximum absolute atomic E-state index is 11.1. The first kappa shape index (κ1) is 22.9. The lowest BCUT2D eigenvalue weighted by molar-refractivity contribution is -0.114. The number of nitrogens with zero attached hydrogens (tertiary/aromatic N) is 2. The highest BCUT2D eigenvalue weighted by Gasteiger charge is 2.46. The lowest BCUT2D eigenvalue weighted by atomic mass is 9.98. The van der Waals surface area contributed by atoms with Gasteiger partial charge in [0.05, 0.1) is 36.5 Å². The van der Waals surface area contributed by atoms with Gasteiger partial charge in [-0.3, -0.25) is 4.79 Å². The summed E-state index contributed by atoms with van der Waals surface area (Å²) in [6.07, 6.45) is -0.131. The van der Waals surface area contributed by atoms with Crippen molar-refractivity contribution in [3.8, 4) is 6.01 Å². The van der Waals surface area contributed by atoms with Crippen molar-refractivity contribution in [1.82, 2.24) is 15.0 Å². The molecule has 0 radical (unpaired) electrons. The number of halogens is 1. The van der Waals surface area contributed by atoms with Gasteiger partial charge in [-0.05, 0) is 30.2 Å². The summed E-state index contributed by atoms with van der Waals surface area (Å²) in [5.74, 6) is 0.591. The van der Waals surface area contributed by atoms with Crippen LogP contribution in [-0.4, -0.2) is 64.1 Å². The number of H-pyrrole nitrogens is 1. The molecule has 0 bridgehead atoms. The van der Waals surface area contributed by atoms with Crippen LogP contribution in [0.3, 0.4) is 0 Å². The number of aliphatic hydroxyl groups is 1. The fraction of sp³-hybridized carbons (Fsp3) is 0.435. The van der Waals surface area contributed by atoms with Gasteiger partial charge in [0.25, 0.3) is 6.01 Å². The summed E-state index contributed by atoms with van der Waals surface area (Å²) in [5.41, 5.74) is 2.92. The molecule has 2 saturated heterocycles. The monoisotopic (exact) mass is 487 g/mol. The average Bonchev–Trinajstić information content (AvgIpc) is 3.49. The quantitative estimate of drug-likeness (QED) is 0.381. The summed E-state index contributed by atoms with van der Waals surface area (Å²) < 4.78 is 17.1. The molecule has 1 aromatic carbocycles. The minimum atomic E-state index is -0.548. The van der Waals surface area contributed by atoms with Crippen LogP contribution in [0.25, 0.3) is 11.2 Å². The molecule has 1 amide bonds. The van der Waals surface area contributed by atoms with Crippen molar-refractivity contribution in [1.29, 1.82) is 0 Å². The molecule has 4 N–H and O–H groups in total. The minimum Gasteiger partial charge on any atom is -0.465 e. The predicted octanol–water partition coefficient (Wildman–Crippen LogP) is 2.73. The second kappa shape index (κ2) is 9.75. The molecule has 11 heteroatoms. The van der Waals surface area contributed by atoms with Gasteiger partial charge in [0, 0.05) is 25.1 Å². The number of pyridine rings is 1. The summed E-state index contributed by atoms with van der Waals surface area (Å²) in [6, 6.07) is 9.64. The zero-order valence-electron chi connectivity index (χ0n) is 18.6. The van der Waals surface area contributed by atoms with Crippen LogP contribution in [0, 0.1) is 5.92 Å². The van der Waals surface area contributed by atoms with E-state index in [0.717, 1.165) is 17.7 Å². The van der Waals surface area contributed by atoms with Crippen LogP contribution in [0.2, 0.25) is 5.02 Å². The number of amides is 1. The van der Waals surface area contributed by atoms with Crippen LogP contribution < -0.4 is 15.4 Å². The Morgan fingerprint density at radius 1 is 1.24 bits per heavy atom. The highest BCUT2D eigenvalue weighted by atomic mass is 35.5. The van der Waals surface area contributed by atoms with Gasteiger partial charge in [0.2, 0.25) is 5.91 Å². The number of fused-ring (bicyclic) bond motifs is 2. The third-order valence-corrected chi connectivity index (χ3v) is 6.28. The lowest BCUT2D eigenvalue weighted by Gasteiger charge is -2.15. The minimum absolute atomic E-state index is 0.0787. The molecule has 2 aliphatic rings. The number of ether oxygens (including phenoxy) is 3. The van der Waals surface area contributed by atoms with Crippen LogP contribution in [0.1, 0.15) is 18.9 Å². The van der Waals surface area contributed by atoms with E-state index in [9.17, 15) is 9.90 Å². The van der Waals surface area contributed by atoms with Crippen LogP contribution in [0.15, 0.2) is 30.3 Å². The fourth-order valence-corrected chi connectivity index (χ4v) is 4.51. The number of hydrogen-bond acceptors (Lipinski definition) is 8. The first-order valence-corrected chi connectivity index (χ1v) is 11.5. The van der Waals surface area contributed by atoms with Crippen molar-refractivity contribution in [3.63, 3.8) is 0 Å². The lowest BCUT2D eigenvalue weighted by Crippen LogP contribution is -2.29. The number of rotatable bonds is 8. The van der Waals surface area contributed by atoms with E-state index in [1.807, 2.05) is 24.3 Å². The standard InChI is InChI=1S/C23H26ClN5O5/c1-12(30)26-15-4-2-13(3-5-15)9-25-21-16(24)8-17-22(28-21)29-23(27-17)32-7-6-14-10-33-20-18(31)11-34-19(14)20/h2-5,8,14,18-20,31H,6-7,9-11H2,1H3,(H,26,30)(H2,25,27,28,29)/t14-,18-,19?,20-/m1/s1. The van der Waals surface area contributed by atoms with Gasteiger partial charge in [-0.15, -0.1) is 0 Å². The number of carbonyl (C=O) groups is 1. The van der Waals surface area contributed by atoms with Gasteiger partial charge >= 0.3 is 0 Å². The summed E-state index contributed by atoms with van der Waals surface area (Å²) in [6.45, 7) is 3.29. The van der Waals surface area contributed by atoms with Gasteiger partial charge < -0.3 is 34.9 Å². The summed E-state index contributed by atoms with van der Waals surface area (Å²) in [5, 5.41) is 16.3. The number of anilines is 2. The molecular weight excluding hydrogens is 462 g/mol. The van der Waals surface area contributed by atoms with Crippen LogP contribution in [0.4, 0.5) is 11.5 Å². The van der Waals surface area contributed by atoms with Crippen molar-refractivity contribution in [2.24, 2.45) is 5.92 Å². The van der Waals surface area contributed by atoms with E-state index in [-0.39, 0.29) is 24.0 Å². The maximum Gasteiger partial charge on any atom is 0.296 e. The molecule has 10 nitrogen and oxygen atoms in total. The summed E-state index contributed by atoms with van der Waals surface area (Å²) in [7, 11) is 0. The molecule has 0 saturated carbocycles. The Hall–Kier alpha value is -2.92. The highest BCUT2D eigenvalue weighted by Crippen LogP contribution is 2.33. The second-order valence-electron chi connectivity index (χ2n) is 8.52. The van der Waals surface area contributed by atoms with E-state index in [4.69, 9.17) is 25.8 Å². The molecule has 2 aromatic heterocycles. The highest BCUT2D eigenvalue weighted by molar-refractivity contribution is 6.33. The largest absolute Gasteiger partial charge is 0.465 e. The molecule has 1 unspecified atom stereocenters. The maximum atomic E-state index is 11.1. The van der Waals surface area contributed by atoms with E-state index < -0.39 is 6.10 Å². The normalized spacial score (nSPS) is 23.7. The number of aromatic nitrogens is 3. The molecule has 3 aromatic rings. The third kappa shape index (κ3) is 4.95. The van der Waals surface area contributed by atoms with Crippen molar-refractivity contribution in [2.45, 2.75) is 38.2 Å². The molecular formula is C23H26ClN5O5. The molecule has 180 valence electrons. The Labute approximate surface area is 201 Å². The average molecular weight is 488 g/mol. The Morgan fingerprint density at radius 3 is 2.82 bits per heavy atom. The number of aliphatic hydroxyl groups excluding tert-OH is 1. The molecule has 5 rings (SSSR count). The molecule has 4 atom stereocenters. The van der Waals surface area contributed by atoms with Gasteiger partial charge in [-0.25, -0.2) is 4.98 Å². The van der Waals surface area contributed by atoms with Crippen LogP contribution in [-0.2, 0) is 20.8 Å². The fourth-order valence-electron chi connectivity index (χ4n) is 4.30. The number of nitrogens with one attached hydrogen (secondary N) is 3. The SMILES string of the molecule is CC(=O)Nc1ccc(CNc2nc3nc(OCC[C@@H]4CO[C@H]5C4OC[C@H]5O)[nH]c3cc2Cl)cc1. The first-order valence-electron chi connectivity index (χ1n) is 11.2. The summed E-state index contributed by atoms with van der Waals surface area (Å²) in [4.78, 5) is 23.2. The number of aromatic amines is 1. The molecule has 0 spiro atoms. The van der Waals surface area contributed by atoms with Gasteiger partial charge in [-0.1, -0.05) is 23.7 Å². The second-order valence-corrected chi connectivity index (χ2v) is 8.93. The Bertz CT molecular complexity index is 1170. The van der Waals surface area contributed by atoms with Crippen molar-refractivity contribution < 1.29 is 24.1 Å². The Morgan fingerprint density at radius 2 is 2.03 bits per heavy atom. The number of hydrogen-bond donors (Lipinski definition) is 4. The van der Waals surface area contributed by atoms with E-state index in [1.54, 1.807) is 6.07 Å². The topological polar surface area (TPSA) is 131 Å². The first-order chi connectivity index (χ1) is 16.5. The smallest absolute Gasteiger partial charge is 0.296 e. The zero-order valence-corrected chi connectivity index (χ0v) is 19.3. The Kier molecular flexibility index (Phi) is 6.55. The van der Waals surface area contributed by atoms with Crippen molar-refractivity contribution in [3.05, 3.63) is 40.9 Å². The van der Waals surface area contributed by atoms with Gasteiger partial charge in [-0.2, -0.15) is 4.98 Å². The van der Waals surface area contributed by atoms with E-state index in [2.05, 4.69) is 25.6 Å². The molecule has 2 aliphatic heterocycles. The van der Waals surface area contributed by atoms with Gasteiger partial charge in [0.15, 0.2) is 5.65 Å². The zero-order chi connectivity index (χ0) is 23.7. The predicted molar refractivity (Wildman–Crippen MR) is 126 cm³/mol. The number of imidazole rings is 1. The van der Waals surface area contributed by atoms with Crippen molar-refractivity contribution in [2.75, 3.05) is 30.5 Å². The van der Waals surface area contributed by atoms with Crippen LogP contribution in [0.5, 0.6) is 6.01 Å². The molecule has 0 aliphatic carbocycles.